The highest BCUT2D eigenvalue weighted by Gasteiger charge is 2.18. The van der Waals surface area contributed by atoms with Gasteiger partial charge in [0.1, 0.15) is 5.75 Å². The summed E-state index contributed by atoms with van der Waals surface area (Å²) in [5.74, 6) is -1.05. The van der Waals surface area contributed by atoms with Gasteiger partial charge in [-0.3, -0.25) is 0 Å². The van der Waals surface area contributed by atoms with Gasteiger partial charge in [0.05, 0.1) is 12.6 Å². The van der Waals surface area contributed by atoms with Crippen LogP contribution in [0.4, 0.5) is 8.78 Å². The molecule has 0 bridgehead atoms. The van der Waals surface area contributed by atoms with Gasteiger partial charge < -0.3 is 10.5 Å². The lowest BCUT2D eigenvalue weighted by atomic mass is 9.97. The van der Waals surface area contributed by atoms with Crippen molar-refractivity contribution in [1.82, 2.24) is 0 Å². The third kappa shape index (κ3) is 3.39. The molecule has 0 amide bonds. The smallest absolute Gasteiger partial charge is 0.164 e. The molecule has 0 aliphatic carbocycles. The molecule has 1 unspecified atom stereocenters. The van der Waals surface area contributed by atoms with Gasteiger partial charge in [-0.2, -0.15) is 0 Å². The maximum absolute atomic E-state index is 14.0. The van der Waals surface area contributed by atoms with Gasteiger partial charge in [-0.05, 0) is 36.6 Å². The first-order valence-electron chi connectivity index (χ1n) is 6.97. The Kier molecular flexibility index (Phi) is 4.91. The van der Waals surface area contributed by atoms with Crippen LogP contribution in [0, 0.1) is 18.6 Å². The first-order valence-corrected chi connectivity index (χ1v) is 6.97. The van der Waals surface area contributed by atoms with Gasteiger partial charge in [-0.25, -0.2) is 8.78 Å². The second kappa shape index (κ2) is 6.68. The summed E-state index contributed by atoms with van der Waals surface area (Å²) in [5, 5.41) is 0. The van der Waals surface area contributed by atoms with E-state index in [1.165, 1.54) is 19.1 Å². The zero-order valence-electron chi connectivity index (χ0n) is 12.2. The predicted molar refractivity (Wildman–Crippen MR) is 79.4 cm³/mol. The number of benzene rings is 2. The maximum Gasteiger partial charge on any atom is 0.164 e. The third-order valence-electron chi connectivity index (χ3n) is 3.33. The summed E-state index contributed by atoms with van der Waals surface area (Å²) in [4.78, 5) is 0. The highest BCUT2D eigenvalue weighted by molar-refractivity contribution is 5.38. The molecule has 21 heavy (non-hydrogen) atoms. The average molecular weight is 291 g/mol. The van der Waals surface area contributed by atoms with Gasteiger partial charge in [0.25, 0.3) is 0 Å². The highest BCUT2D eigenvalue weighted by atomic mass is 19.2. The minimum Gasteiger partial charge on any atom is -0.494 e. The lowest BCUT2D eigenvalue weighted by Crippen LogP contribution is -2.15. The molecule has 0 heterocycles. The second-order valence-electron chi connectivity index (χ2n) is 5.00. The molecular formula is C17H19F2NO. The quantitative estimate of drug-likeness (QED) is 0.899. The molecule has 1 atom stereocenters. The van der Waals surface area contributed by atoms with Crippen LogP contribution in [0.2, 0.25) is 0 Å². The monoisotopic (exact) mass is 291 g/mol. The van der Waals surface area contributed by atoms with E-state index in [-0.39, 0.29) is 11.1 Å². The van der Waals surface area contributed by atoms with E-state index in [2.05, 4.69) is 0 Å². The zero-order valence-corrected chi connectivity index (χ0v) is 12.2. The number of halogens is 2. The van der Waals surface area contributed by atoms with Crippen LogP contribution in [0.1, 0.15) is 36.1 Å². The van der Waals surface area contributed by atoms with E-state index in [0.717, 1.165) is 6.42 Å². The van der Waals surface area contributed by atoms with Crippen molar-refractivity contribution in [2.75, 3.05) is 6.61 Å². The van der Waals surface area contributed by atoms with E-state index in [9.17, 15) is 8.78 Å². The van der Waals surface area contributed by atoms with Gasteiger partial charge in [-0.15, -0.1) is 0 Å². The summed E-state index contributed by atoms with van der Waals surface area (Å²) < 4.78 is 33.2. The Morgan fingerprint density at radius 3 is 2.62 bits per heavy atom. The Hall–Kier alpha value is -1.94. The van der Waals surface area contributed by atoms with E-state index < -0.39 is 17.7 Å². The molecule has 2 rings (SSSR count). The SMILES string of the molecule is CCCOc1cccc(C(N)c2ccc(C)c(F)c2F)c1. The lowest BCUT2D eigenvalue weighted by Gasteiger charge is -2.16. The molecule has 0 aliphatic heterocycles. The average Bonchev–Trinajstić information content (AvgIpc) is 2.50. The second-order valence-corrected chi connectivity index (χ2v) is 5.00. The standard InChI is InChI=1S/C17H19F2NO/c1-3-9-21-13-6-4-5-12(10-13)17(20)14-8-7-11(2)15(18)16(14)19/h4-8,10,17H,3,9,20H2,1-2H3. The van der Waals surface area contributed by atoms with Crippen molar-refractivity contribution in [3.8, 4) is 5.75 Å². The minimum absolute atomic E-state index is 0.144. The third-order valence-corrected chi connectivity index (χ3v) is 3.33. The zero-order chi connectivity index (χ0) is 15.4. The van der Waals surface area contributed by atoms with Gasteiger partial charge in [0, 0.05) is 5.56 Å². The summed E-state index contributed by atoms with van der Waals surface area (Å²) >= 11 is 0. The normalized spacial score (nSPS) is 12.2. The molecule has 0 fully saturated rings. The number of ether oxygens (including phenoxy) is 1. The van der Waals surface area contributed by atoms with E-state index >= 15 is 0 Å². The van der Waals surface area contributed by atoms with Crippen LogP contribution >= 0.6 is 0 Å². The molecule has 0 radical (unpaired) electrons. The van der Waals surface area contributed by atoms with Gasteiger partial charge in [0.2, 0.25) is 0 Å². The van der Waals surface area contributed by atoms with Gasteiger partial charge in [-0.1, -0.05) is 31.2 Å². The topological polar surface area (TPSA) is 35.2 Å². The van der Waals surface area contributed by atoms with E-state index in [1.807, 2.05) is 13.0 Å². The fourth-order valence-corrected chi connectivity index (χ4v) is 2.10. The van der Waals surface area contributed by atoms with Crippen molar-refractivity contribution in [1.29, 1.82) is 0 Å². The summed E-state index contributed by atoms with van der Waals surface area (Å²) in [6.07, 6.45) is 0.897. The van der Waals surface area contributed by atoms with Crippen molar-refractivity contribution in [2.45, 2.75) is 26.3 Å². The first-order chi connectivity index (χ1) is 10.0. The number of rotatable bonds is 5. The number of nitrogens with two attached hydrogens (primary N) is 1. The Morgan fingerprint density at radius 2 is 1.90 bits per heavy atom. The van der Waals surface area contributed by atoms with Crippen molar-refractivity contribution in [3.05, 3.63) is 64.7 Å². The van der Waals surface area contributed by atoms with Crippen LogP contribution in [0.15, 0.2) is 36.4 Å². The van der Waals surface area contributed by atoms with Gasteiger partial charge in [0.15, 0.2) is 11.6 Å². The minimum atomic E-state index is -0.887. The molecule has 0 aliphatic rings. The molecule has 2 N–H and O–H groups in total. The Labute approximate surface area is 123 Å². The van der Waals surface area contributed by atoms with Crippen molar-refractivity contribution in [2.24, 2.45) is 5.73 Å². The fourth-order valence-electron chi connectivity index (χ4n) is 2.10. The molecule has 112 valence electrons. The summed E-state index contributed by atoms with van der Waals surface area (Å²) in [6, 6.07) is 9.48. The fraction of sp³-hybridized carbons (Fsp3) is 0.294. The largest absolute Gasteiger partial charge is 0.494 e. The Bertz CT molecular complexity index is 628. The molecule has 2 nitrogen and oxygen atoms in total. The van der Waals surface area contributed by atoms with E-state index in [4.69, 9.17) is 10.5 Å². The number of hydrogen-bond acceptors (Lipinski definition) is 2. The molecule has 4 heteroatoms. The number of hydrogen-bond donors (Lipinski definition) is 1. The van der Waals surface area contributed by atoms with Gasteiger partial charge >= 0.3 is 0 Å². The molecule has 2 aromatic carbocycles. The maximum atomic E-state index is 14.0. The molecule has 0 saturated carbocycles. The Balaban J connectivity index is 2.31. The van der Waals surface area contributed by atoms with Crippen LogP contribution in [0.3, 0.4) is 0 Å². The lowest BCUT2D eigenvalue weighted by molar-refractivity contribution is 0.317. The predicted octanol–water partition coefficient (Wildman–Crippen LogP) is 4.11. The molecule has 0 aromatic heterocycles. The molecule has 0 spiro atoms. The van der Waals surface area contributed by atoms with Crippen molar-refractivity contribution in [3.63, 3.8) is 0 Å². The summed E-state index contributed by atoms with van der Waals surface area (Å²) in [6.45, 7) is 4.14. The summed E-state index contributed by atoms with van der Waals surface area (Å²) in [7, 11) is 0. The Morgan fingerprint density at radius 1 is 1.14 bits per heavy atom. The van der Waals surface area contributed by atoms with Crippen LogP contribution in [-0.4, -0.2) is 6.61 Å². The summed E-state index contributed by atoms with van der Waals surface area (Å²) in [5.41, 5.74) is 7.17. The van der Waals surface area contributed by atoms with Crippen LogP contribution in [-0.2, 0) is 0 Å². The number of aryl methyl sites for hydroxylation is 1. The van der Waals surface area contributed by atoms with Crippen LogP contribution < -0.4 is 10.5 Å². The van der Waals surface area contributed by atoms with Crippen molar-refractivity contribution >= 4 is 0 Å². The van der Waals surface area contributed by atoms with E-state index in [0.29, 0.717) is 17.9 Å². The van der Waals surface area contributed by atoms with Crippen LogP contribution in [0.25, 0.3) is 0 Å². The van der Waals surface area contributed by atoms with E-state index in [1.54, 1.807) is 18.2 Å². The molecular weight excluding hydrogens is 272 g/mol. The highest BCUT2D eigenvalue weighted by Crippen LogP contribution is 2.27. The molecule has 2 aromatic rings. The molecule has 0 saturated heterocycles. The first kappa shape index (κ1) is 15.4. The van der Waals surface area contributed by atoms with Crippen molar-refractivity contribution < 1.29 is 13.5 Å². The van der Waals surface area contributed by atoms with Crippen LogP contribution in [0.5, 0.6) is 5.75 Å².